The van der Waals surface area contributed by atoms with Crippen LogP contribution in [0.4, 0.5) is 18.0 Å². The van der Waals surface area contributed by atoms with Crippen molar-refractivity contribution in [2.45, 2.75) is 44.7 Å². The van der Waals surface area contributed by atoms with Crippen molar-refractivity contribution in [3.8, 4) is 0 Å². The fraction of sp³-hybridized carbons (Fsp3) is 0.846. The Morgan fingerprint density at radius 2 is 1.81 bits per heavy atom. The smallest absolute Gasteiger partial charge is 0.390 e. The van der Waals surface area contributed by atoms with Gasteiger partial charge in [-0.15, -0.1) is 0 Å². The molecule has 8 heteroatoms. The summed E-state index contributed by atoms with van der Waals surface area (Å²) in [5, 5.41) is 11.8. The summed E-state index contributed by atoms with van der Waals surface area (Å²) in [5.41, 5.74) is -0.987. The van der Waals surface area contributed by atoms with Crippen LogP contribution in [0.3, 0.4) is 0 Å². The molecule has 2 N–H and O–H groups in total. The summed E-state index contributed by atoms with van der Waals surface area (Å²) in [6.45, 7) is -0.493. The lowest BCUT2D eigenvalue weighted by Crippen LogP contribution is -2.48. The summed E-state index contributed by atoms with van der Waals surface area (Å²) in [6, 6.07) is -0.676. The van der Waals surface area contributed by atoms with Gasteiger partial charge in [0.25, 0.3) is 0 Å². The topological polar surface area (TPSA) is 69.6 Å². The molecule has 0 unspecified atom stereocenters. The van der Waals surface area contributed by atoms with Gasteiger partial charge < -0.3 is 15.3 Å². The van der Waals surface area contributed by atoms with E-state index in [1.165, 1.54) is 7.05 Å². The number of carboxylic acids is 1. The van der Waals surface area contributed by atoms with Crippen molar-refractivity contribution in [2.24, 2.45) is 5.41 Å². The molecule has 1 aliphatic rings. The molecule has 5 nitrogen and oxygen atoms in total. The molecular formula is C13H21F3N2O3. The van der Waals surface area contributed by atoms with E-state index in [1.54, 1.807) is 0 Å². The third-order valence-corrected chi connectivity index (χ3v) is 3.92. The largest absolute Gasteiger partial charge is 0.481 e. The van der Waals surface area contributed by atoms with Gasteiger partial charge in [0.1, 0.15) is 0 Å². The average Bonchev–Trinajstić information content (AvgIpc) is 2.42. The SMILES string of the molecule is CN(CCC(F)(F)F)C(=O)NCC1(C(=O)O)CCCCC1. The highest BCUT2D eigenvalue weighted by Crippen LogP contribution is 2.36. The molecule has 0 atom stereocenters. The lowest BCUT2D eigenvalue weighted by atomic mass is 9.74. The Kier molecular flexibility index (Phi) is 5.86. The molecule has 0 spiro atoms. The van der Waals surface area contributed by atoms with Crippen LogP contribution in [0, 0.1) is 5.41 Å². The Bertz CT molecular complexity index is 379. The first-order valence-corrected chi connectivity index (χ1v) is 6.95. The summed E-state index contributed by atoms with van der Waals surface area (Å²) >= 11 is 0. The van der Waals surface area contributed by atoms with E-state index in [9.17, 15) is 27.9 Å². The van der Waals surface area contributed by atoms with E-state index < -0.39 is 36.6 Å². The lowest BCUT2D eigenvalue weighted by Gasteiger charge is -2.33. The van der Waals surface area contributed by atoms with Crippen LogP contribution in [0.5, 0.6) is 0 Å². The van der Waals surface area contributed by atoms with E-state index in [-0.39, 0.29) is 6.54 Å². The molecule has 1 aliphatic carbocycles. The first-order valence-electron chi connectivity index (χ1n) is 6.95. The number of amides is 2. The maximum Gasteiger partial charge on any atom is 0.390 e. The number of hydrogen-bond donors (Lipinski definition) is 2. The Labute approximate surface area is 121 Å². The number of carbonyl (C=O) groups is 2. The number of carboxylic acid groups (broad SMARTS) is 1. The van der Waals surface area contributed by atoms with Crippen molar-refractivity contribution in [2.75, 3.05) is 20.1 Å². The molecule has 0 aromatic rings. The van der Waals surface area contributed by atoms with Gasteiger partial charge >= 0.3 is 18.2 Å². The van der Waals surface area contributed by atoms with Crippen molar-refractivity contribution >= 4 is 12.0 Å². The van der Waals surface area contributed by atoms with Crippen molar-refractivity contribution < 1.29 is 27.9 Å². The van der Waals surface area contributed by atoms with Gasteiger partial charge in [0.05, 0.1) is 11.8 Å². The van der Waals surface area contributed by atoms with Crippen LogP contribution in [0.25, 0.3) is 0 Å². The summed E-state index contributed by atoms with van der Waals surface area (Å²) in [5.74, 6) is -0.958. The van der Waals surface area contributed by atoms with Gasteiger partial charge in [-0.1, -0.05) is 19.3 Å². The van der Waals surface area contributed by atoms with E-state index in [1.807, 2.05) is 0 Å². The molecule has 0 radical (unpaired) electrons. The normalized spacial score (nSPS) is 18.1. The molecule has 122 valence electrons. The molecule has 21 heavy (non-hydrogen) atoms. The number of halogens is 3. The van der Waals surface area contributed by atoms with E-state index in [4.69, 9.17) is 0 Å². The second kappa shape index (κ2) is 7.00. The first-order chi connectivity index (χ1) is 9.66. The predicted molar refractivity (Wildman–Crippen MR) is 69.9 cm³/mol. The Hall–Kier alpha value is -1.47. The van der Waals surface area contributed by atoms with E-state index in [0.717, 1.165) is 24.2 Å². The zero-order valence-corrected chi connectivity index (χ0v) is 12.0. The molecule has 2 amide bonds. The minimum atomic E-state index is -4.32. The zero-order valence-electron chi connectivity index (χ0n) is 12.0. The molecule has 0 aromatic heterocycles. The maximum atomic E-state index is 12.1. The molecule has 1 saturated carbocycles. The molecule has 0 bridgehead atoms. The summed E-state index contributed by atoms with van der Waals surface area (Å²) < 4.78 is 36.3. The van der Waals surface area contributed by atoms with Crippen LogP contribution in [-0.2, 0) is 4.79 Å². The Morgan fingerprint density at radius 1 is 1.24 bits per heavy atom. The van der Waals surface area contributed by atoms with Crippen LogP contribution < -0.4 is 5.32 Å². The van der Waals surface area contributed by atoms with Crippen molar-refractivity contribution in [3.05, 3.63) is 0 Å². The second-order valence-electron chi connectivity index (χ2n) is 5.59. The zero-order chi connectivity index (χ0) is 16.1. The second-order valence-corrected chi connectivity index (χ2v) is 5.59. The van der Waals surface area contributed by atoms with Gasteiger partial charge in [-0.05, 0) is 12.8 Å². The number of hydrogen-bond acceptors (Lipinski definition) is 2. The molecule has 0 saturated heterocycles. The van der Waals surface area contributed by atoms with Crippen LogP contribution >= 0.6 is 0 Å². The molecule has 0 aliphatic heterocycles. The van der Waals surface area contributed by atoms with Crippen LogP contribution in [0.1, 0.15) is 38.5 Å². The van der Waals surface area contributed by atoms with Gasteiger partial charge in [-0.3, -0.25) is 4.79 Å². The van der Waals surface area contributed by atoms with Gasteiger partial charge in [0.2, 0.25) is 0 Å². The lowest BCUT2D eigenvalue weighted by molar-refractivity contribution is -0.150. The highest BCUT2D eigenvalue weighted by Gasteiger charge is 2.40. The highest BCUT2D eigenvalue weighted by atomic mass is 19.4. The monoisotopic (exact) mass is 310 g/mol. The van der Waals surface area contributed by atoms with E-state index >= 15 is 0 Å². The number of aliphatic carboxylic acids is 1. The predicted octanol–water partition coefficient (Wildman–Crippen LogP) is 2.62. The molecule has 0 heterocycles. The highest BCUT2D eigenvalue weighted by molar-refractivity contribution is 5.78. The minimum absolute atomic E-state index is 0.0441. The van der Waals surface area contributed by atoms with Gasteiger partial charge in [-0.25, -0.2) is 4.79 Å². The summed E-state index contributed by atoms with van der Waals surface area (Å²) in [6.07, 6.45) is -1.91. The van der Waals surface area contributed by atoms with Crippen LogP contribution in [-0.4, -0.2) is 48.3 Å². The molecular weight excluding hydrogens is 289 g/mol. The summed E-state index contributed by atoms with van der Waals surface area (Å²) in [7, 11) is 1.26. The molecule has 1 fully saturated rings. The van der Waals surface area contributed by atoms with Crippen molar-refractivity contribution in [3.63, 3.8) is 0 Å². The number of rotatable bonds is 5. The molecule has 0 aromatic carbocycles. The van der Waals surface area contributed by atoms with E-state index in [2.05, 4.69) is 5.32 Å². The third kappa shape index (κ3) is 5.43. The van der Waals surface area contributed by atoms with Gasteiger partial charge in [0.15, 0.2) is 0 Å². The van der Waals surface area contributed by atoms with Gasteiger partial charge in [0, 0.05) is 20.1 Å². The maximum absolute atomic E-state index is 12.1. The number of nitrogens with zero attached hydrogens (tertiary/aromatic N) is 1. The quantitative estimate of drug-likeness (QED) is 0.820. The third-order valence-electron chi connectivity index (χ3n) is 3.92. The number of carbonyl (C=O) groups excluding carboxylic acids is 1. The number of nitrogens with one attached hydrogen (secondary N) is 1. The van der Waals surface area contributed by atoms with E-state index in [0.29, 0.717) is 12.8 Å². The number of urea groups is 1. The average molecular weight is 310 g/mol. The Morgan fingerprint density at radius 3 is 2.29 bits per heavy atom. The number of alkyl halides is 3. The van der Waals surface area contributed by atoms with Crippen molar-refractivity contribution in [1.29, 1.82) is 0 Å². The molecule has 1 rings (SSSR count). The van der Waals surface area contributed by atoms with Crippen molar-refractivity contribution in [1.82, 2.24) is 10.2 Å². The standard InChI is InChI=1S/C13H21F3N2O3/c1-18(8-7-13(14,15)16)11(21)17-9-12(10(19)20)5-3-2-4-6-12/h2-9H2,1H3,(H,17,21)(H,19,20). The van der Waals surface area contributed by atoms with Gasteiger partial charge in [-0.2, -0.15) is 13.2 Å². The fourth-order valence-corrected chi connectivity index (χ4v) is 2.47. The Balaban J connectivity index is 2.48. The first kappa shape index (κ1) is 17.6. The summed E-state index contributed by atoms with van der Waals surface area (Å²) in [4.78, 5) is 24.0. The van der Waals surface area contributed by atoms with Crippen LogP contribution in [0.2, 0.25) is 0 Å². The fourth-order valence-electron chi connectivity index (χ4n) is 2.47. The van der Waals surface area contributed by atoms with Crippen LogP contribution in [0.15, 0.2) is 0 Å². The minimum Gasteiger partial charge on any atom is -0.481 e.